The van der Waals surface area contributed by atoms with Crippen molar-refractivity contribution in [3.63, 3.8) is 0 Å². The third-order valence-electron chi connectivity index (χ3n) is 3.56. The van der Waals surface area contributed by atoms with Crippen molar-refractivity contribution >= 4 is 0 Å². The van der Waals surface area contributed by atoms with Gasteiger partial charge in [0.25, 0.3) is 11.8 Å². The normalized spacial score (nSPS) is 31.0. The summed E-state index contributed by atoms with van der Waals surface area (Å²) >= 11 is 0. The van der Waals surface area contributed by atoms with Crippen molar-refractivity contribution in [2.24, 2.45) is 0 Å². The van der Waals surface area contributed by atoms with Crippen LogP contribution in [0, 0.1) is 0 Å². The molecule has 5 atom stereocenters. The van der Waals surface area contributed by atoms with E-state index in [1.807, 2.05) is 4.98 Å². The number of nitrogens with zero attached hydrogens (tertiary/aromatic N) is 2. The average Bonchev–Trinajstić information content (AvgIpc) is 2.48. The molecule has 24 heavy (non-hydrogen) atoms. The summed E-state index contributed by atoms with van der Waals surface area (Å²) in [6.45, 7) is 4.46. The topological polar surface area (TPSA) is 167 Å². The fraction of sp³-hybridized carbons (Fsp3) is 0.769. The van der Waals surface area contributed by atoms with Gasteiger partial charge in [0, 0.05) is 5.41 Å². The molecule has 136 valence electrons. The smallest absolute Gasteiger partial charge is 0.379 e. The van der Waals surface area contributed by atoms with Gasteiger partial charge in [-0.25, -0.2) is 4.79 Å². The largest absolute Gasteiger partial charge is 0.394 e. The van der Waals surface area contributed by atoms with E-state index in [1.54, 1.807) is 20.8 Å². The van der Waals surface area contributed by atoms with Gasteiger partial charge in [0.05, 0.1) is 6.61 Å². The third-order valence-corrected chi connectivity index (χ3v) is 3.56. The maximum atomic E-state index is 11.8. The number of hydrogen-bond donors (Lipinski definition) is 5. The lowest BCUT2D eigenvalue weighted by Crippen LogP contribution is -2.62. The molecule has 0 spiro atoms. The Morgan fingerprint density at radius 1 is 1.21 bits per heavy atom. The molecule has 1 aliphatic rings. The van der Waals surface area contributed by atoms with E-state index in [9.17, 15) is 24.9 Å². The quantitative estimate of drug-likeness (QED) is 0.372. The second kappa shape index (κ2) is 6.61. The highest BCUT2D eigenvalue weighted by Gasteiger charge is 2.45. The highest BCUT2D eigenvalue weighted by Crippen LogP contribution is 2.20. The molecule has 1 fully saturated rings. The summed E-state index contributed by atoms with van der Waals surface area (Å²) in [5, 5.41) is 42.2. The minimum atomic E-state index is -1.71. The lowest BCUT2D eigenvalue weighted by Gasteiger charge is -2.38. The second-order valence-corrected chi connectivity index (χ2v) is 6.53. The van der Waals surface area contributed by atoms with Crippen molar-refractivity contribution in [3.05, 3.63) is 26.5 Å². The Bertz CT molecular complexity index is 692. The van der Waals surface area contributed by atoms with Crippen LogP contribution in [-0.2, 0) is 10.2 Å². The number of ether oxygens (including phenoxy) is 1. The minimum Gasteiger partial charge on any atom is -0.394 e. The van der Waals surface area contributed by atoms with Crippen LogP contribution in [0.1, 0.15) is 26.5 Å². The second-order valence-electron chi connectivity index (χ2n) is 6.53. The summed E-state index contributed by atoms with van der Waals surface area (Å²) in [7, 11) is 0. The van der Waals surface area contributed by atoms with E-state index in [0.29, 0.717) is 4.85 Å². The predicted octanol–water partition coefficient (Wildman–Crippen LogP) is -3.54. The van der Waals surface area contributed by atoms with Crippen LogP contribution in [0.2, 0.25) is 0 Å². The van der Waals surface area contributed by atoms with E-state index in [2.05, 4.69) is 5.10 Å². The zero-order chi connectivity index (χ0) is 18.2. The summed E-state index contributed by atoms with van der Waals surface area (Å²) in [6, 6.07) is 0. The first-order valence-electron chi connectivity index (χ1n) is 7.28. The minimum absolute atomic E-state index is 0.00620. The molecule has 1 saturated heterocycles. The van der Waals surface area contributed by atoms with Gasteiger partial charge < -0.3 is 30.0 Å². The summed E-state index contributed by atoms with van der Waals surface area (Å²) in [6.07, 6.45) is -7.73. The molecule has 0 unspecified atom stereocenters. The number of hydrogen-bond acceptors (Lipinski definition) is 9. The van der Waals surface area contributed by atoms with Crippen molar-refractivity contribution in [2.45, 2.75) is 56.9 Å². The average molecular weight is 347 g/mol. The molecule has 5 N–H and O–H groups in total. The van der Waals surface area contributed by atoms with Crippen LogP contribution < -0.4 is 16.1 Å². The number of aliphatic hydroxyl groups excluding tert-OH is 4. The van der Waals surface area contributed by atoms with Crippen molar-refractivity contribution in [1.29, 1.82) is 0 Å². The zero-order valence-electron chi connectivity index (χ0n) is 13.4. The Labute approximate surface area is 136 Å². The standard InChI is InChI=1S/C13H21N3O8/c1-13(2,3)9-10(21)14-12(22)16(15-9)24-11-8(20)7(19)6(18)5(4-17)23-11/h5-8,11,17-20H,4H2,1-3H3,(H,14,21,22)/t5-,6-,7+,8-,11+/m1/s1. The zero-order valence-corrected chi connectivity index (χ0v) is 13.4. The summed E-state index contributed by atoms with van der Waals surface area (Å²) < 4.78 is 5.12. The summed E-state index contributed by atoms with van der Waals surface area (Å²) in [4.78, 5) is 31.2. The van der Waals surface area contributed by atoms with Gasteiger partial charge in [-0.05, 0) is 4.85 Å². The van der Waals surface area contributed by atoms with Crippen molar-refractivity contribution < 1.29 is 30.0 Å². The molecule has 0 amide bonds. The molecule has 1 aromatic heterocycles. The highest BCUT2D eigenvalue weighted by atomic mass is 16.8. The number of H-pyrrole nitrogens is 1. The number of aliphatic hydroxyl groups is 4. The van der Waals surface area contributed by atoms with Crippen molar-refractivity contribution in [1.82, 2.24) is 14.9 Å². The van der Waals surface area contributed by atoms with E-state index in [1.165, 1.54) is 0 Å². The lowest BCUT2D eigenvalue weighted by molar-refractivity contribution is -0.304. The maximum absolute atomic E-state index is 11.8. The first-order chi connectivity index (χ1) is 11.1. The summed E-state index contributed by atoms with van der Waals surface area (Å²) in [5.74, 6) is 0. The van der Waals surface area contributed by atoms with Gasteiger partial charge in [-0.15, -0.1) is 5.10 Å². The van der Waals surface area contributed by atoms with Crippen LogP contribution in [0.4, 0.5) is 0 Å². The van der Waals surface area contributed by atoms with Gasteiger partial charge in [0.1, 0.15) is 30.1 Å². The maximum Gasteiger partial charge on any atom is 0.379 e. The number of rotatable bonds is 3. The number of aromatic nitrogens is 3. The van der Waals surface area contributed by atoms with Gasteiger partial charge in [-0.2, -0.15) is 0 Å². The Balaban J connectivity index is 2.33. The molecule has 0 aliphatic carbocycles. The molecular weight excluding hydrogens is 326 g/mol. The molecule has 0 aromatic carbocycles. The third kappa shape index (κ3) is 3.49. The fourth-order valence-electron chi connectivity index (χ4n) is 2.20. The Kier molecular flexibility index (Phi) is 5.11. The van der Waals surface area contributed by atoms with Crippen LogP contribution in [0.5, 0.6) is 0 Å². The van der Waals surface area contributed by atoms with E-state index in [-0.39, 0.29) is 5.69 Å². The number of nitrogens with one attached hydrogen (secondary N) is 1. The van der Waals surface area contributed by atoms with Gasteiger partial charge in [0.2, 0.25) is 0 Å². The molecular formula is C13H21N3O8. The van der Waals surface area contributed by atoms with E-state index >= 15 is 0 Å². The van der Waals surface area contributed by atoms with Gasteiger partial charge in [0.15, 0.2) is 0 Å². The van der Waals surface area contributed by atoms with E-state index in [0.717, 1.165) is 0 Å². The lowest BCUT2D eigenvalue weighted by atomic mass is 9.93. The molecule has 2 rings (SSSR count). The molecule has 0 bridgehead atoms. The Morgan fingerprint density at radius 3 is 2.38 bits per heavy atom. The Hall–Kier alpha value is -1.79. The van der Waals surface area contributed by atoms with Crippen LogP contribution in [-0.4, -0.2) is 72.7 Å². The molecule has 1 aromatic rings. The van der Waals surface area contributed by atoms with E-state index < -0.39 is 54.0 Å². The van der Waals surface area contributed by atoms with Crippen molar-refractivity contribution in [3.8, 4) is 0 Å². The fourth-order valence-corrected chi connectivity index (χ4v) is 2.20. The summed E-state index contributed by atoms with van der Waals surface area (Å²) in [5.41, 5.74) is -2.38. The molecule has 0 saturated carbocycles. The molecule has 11 heteroatoms. The molecule has 0 radical (unpaired) electrons. The Morgan fingerprint density at radius 2 is 1.83 bits per heavy atom. The number of aromatic amines is 1. The molecule has 11 nitrogen and oxygen atoms in total. The van der Waals surface area contributed by atoms with Crippen LogP contribution >= 0.6 is 0 Å². The first-order valence-corrected chi connectivity index (χ1v) is 7.28. The van der Waals surface area contributed by atoms with Crippen LogP contribution in [0.25, 0.3) is 0 Å². The SMILES string of the molecule is CC(C)(C)c1nn(O[C@@H]2O[C@H](CO)[C@@H](O)[C@H](O)[C@H]2O)c(=O)[nH]c1=O. The highest BCUT2D eigenvalue weighted by molar-refractivity contribution is 5.06. The molecule has 2 heterocycles. The van der Waals surface area contributed by atoms with E-state index in [4.69, 9.17) is 14.7 Å². The van der Waals surface area contributed by atoms with Crippen molar-refractivity contribution in [2.75, 3.05) is 6.61 Å². The first kappa shape index (κ1) is 18.5. The van der Waals surface area contributed by atoms with Crippen LogP contribution in [0.3, 0.4) is 0 Å². The molecule has 1 aliphatic heterocycles. The van der Waals surface area contributed by atoms with Gasteiger partial charge in [-0.3, -0.25) is 9.78 Å². The predicted molar refractivity (Wildman–Crippen MR) is 78.2 cm³/mol. The van der Waals surface area contributed by atoms with Crippen LogP contribution in [0.15, 0.2) is 9.59 Å². The van der Waals surface area contributed by atoms with Gasteiger partial charge >= 0.3 is 5.69 Å². The monoisotopic (exact) mass is 347 g/mol. The van der Waals surface area contributed by atoms with Gasteiger partial charge in [-0.1, -0.05) is 20.8 Å².